The molecule has 1 fully saturated rings. The molecule has 0 radical (unpaired) electrons. The van der Waals surface area contributed by atoms with Crippen molar-refractivity contribution in [3.63, 3.8) is 0 Å². The van der Waals surface area contributed by atoms with E-state index in [0.717, 1.165) is 16.7 Å². The van der Waals surface area contributed by atoms with E-state index in [1.807, 2.05) is 78.9 Å². The fourth-order valence-electron chi connectivity index (χ4n) is 6.07. The standard InChI is InChI=1S/C36H39N5O8/c1-21(2)32(43)39-35-38-31-28(33(44)40-35)37-20-41(31)34-30(47-5)29(42)27(49-34)19-48-36(22-10-7-6-8-11-22,23-14-16-25(45-3)17-15-23)24-12-9-13-26(18-24)46-4/h6-18,20-21,27,29-30,34,42H,19H2,1-5H3,(H2,38,39,40,43,44)/t27-,29-,30-,34-,36?/m1/s1. The lowest BCUT2D eigenvalue weighted by molar-refractivity contribution is -0.118. The quantitative estimate of drug-likeness (QED) is 0.166. The normalized spacial score (nSPS) is 20.3. The molecule has 49 heavy (non-hydrogen) atoms. The highest BCUT2D eigenvalue weighted by atomic mass is 16.6. The summed E-state index contributed by atoms with van der Waals surface area (Å²) in [7, 11) is 4.68. The molecule has 1 saturated heterocycles. The number of aliphatic hydroxyl groups excluding tert-OH is 1. The van der Waals surface area contributed by atoms with Gasteiger partial charge in [0.15, 0.2) is 17.4 Å². The molecule has 256 valence electrons. The van der Waals surface area contributed by atoms with Gasteiger partial charge >= 0.3 is 0 Å². The van der Waals surface area contributed by atoms with Crippen molar-refractivity contribution < 1.29 is 33.6 Å². The summed E-state index contributed by atoms with van der Waals surface area (Å²) in [6, 6.07) is 25.0. The van der Waals surface area contributed by atoms with E-state index < -0.39 is 35.7 Å². The number of carbonyl (C=O) groups is 1. The zero-order valence-electron chi connectivity index (χ0n) is 27.8. The first-order valence-electron chi connectivity index (χ1n) is 15.8. The number of methoxy groups -OCH3 is 3. The van der Waals surface area contributed by atoms with E-state index in [-0.39, 0.29) is 35.5 Å². The van der Waals surface area contributed by atoms with Gasteiger partial charge in [-0.2, -0.15) is 4.98 Å². The van der Waals surface area contributed by atoms with Crippen LogP contribution >= 0.6 is 0 Å². The number of carbonyl (C=O) groups excluding carboxylic acids is 1. The first kappa shape index (κ1) is 33.8. The molecule has 0 bridgehead atoms. The molecule has 1 aliphatic heterocycles. The Morgan fingerprint density at radius 3 is 2.35 bits per heavy atom. The predicted octanol–water partition coefficient (Wildman–Crippen LogP) is 4.01. The Labute approximate surface area is 282 Å². The van der Waals surface area contributed by atoms with Crippen LogP contribution in [0.5, 0.6) is 11.5 Å². The number of hydrogen-bond acceptors (Lipinski definition) is 10. The summed E-state index contributed by atoms with van der Waals surface area (Å²) in [6.07, 6.45) is -2.46. The van der Waals surface area contributed by atoms with E-state index >= 15 is 0 Å². The van der Waals surface area contributed by atoms with Gasteiger partial charge in [-0.1, -0.05) is 68.4 Å². The van der Waals surface area contributed by atoms with E-state index in [2.05, 4.69) is 20.3 Å². The van der Waals surface area contributed by atoms with Crippen molar-refractivity contribution in [2.24, 2.45) is 5.92 Å². The van der Waals surface area contributed by atoms with Gasteiger partial charge in [-0.15, -0.1) is 0 Å². The fraction of sp³-hybridized carbons (Fsp3) is 0.333. The highest BCUT2D eigenvalue weighted by Crippen LogP contribution is 2.43. The Kier molecular flexibility index (Phi) is 9.79. The third kappa shape index (κ3) is 6.41. The molecule has 0 saturated carbocycles. The van der Waals surface area contributed by atoms with Gasteiger partial charge in [-0.25, -0.2) is 4.98 Å². The SMILES string of the molecule is COc1ccc(C(OC[C@H]2O[C@@H](n3cnc4c(=O)[nH]c(NC(=O)C(C)C)nc43)[C@H](OC)[C@@H]2O)(c2ccccc2)c2cccc(OC)c2)cc1. The monoisotopic (exact) mass is 669 g/mol. The van der Waals surface area contributed by atoms with Gasteiger partial charge < -0.3 is 28.8 Å². The van der Waals surface area contributed by atoms with Crippen LogP contribution < -0.4 is 20.3 Å². The van der Waals surface area contributed by atoms with Gasteiger partial charge in [0.1, 0.15) is 35.4 Å². The third-order valence-corrected chi connectivity index (χ3v) is 8.67. The molecule has 5 atom stereocenters. The van der Waals surface area contributed by atoms with E-state index in [0.29, 0.717) is 11.5 Å². The molecule has 3 aromatic carbocycles. The molecule has 2 aromatic heterocycles. The van der Waals surface area contributed by atoms with E-state index in [4.69, 9.17) is 23.7 Å². The number of aromatic amines is 1. The summed E-state index contributed by atoms with van der Waals surface area (Å²) in [5.41, 5.74) is 0.899. The molecule has 0 aliphatic carbocycles. The molecular weight excluding hydrogens is 630 g/mol. The number of aliphatic hydroxyl groups is 1. The van der Waals surface area contributed by atoms with Crippen molar-refractivity contribution in [1.29, 1.82) is 0 Å². The van der Waals surface area contributed by atoms with Gasteiger partial charge in [0.25, 0.3) is 5.56 Å². The van der Waals surface area contributed by atoms with Gasteiger partial charge in [0, 0.05) is 13.0 Å². The minimum atomic E-state index is -1.17. The molecular formula is C36H39N5O8. The van der Waals surface area contributed by atoms with Crippen LogP contribution in [0.1, 0.15) is 36.8 Å². The number of hydrogen-bond donors (Lipinski definition) is 3. The minimum absolute atomic E-state index is 0.0317. The number of nitrogens with one attached hydrogen (secondary N) is 2. The maximum atomic E-state index is 12.9. The second-order valence-electron chi connectivity index (χ2n) is 12.0. The second kappa shape index (κ2) is 14.2. The number of nitrogens with zero attached hydrogens (tertiary/aromatic N) is 3. The number of rotatable bonds is 12. The van der Waals surface area contributed by atoms with Crippen LogP contribution in [-0.4, -0.2) is 76.8 Å². The number of benzene rings is 3. The Hall–Kier alpha value is -5.08. The van der Waals surface area contributed by atoms with Crippen molar-refractivity contribution in [2.75, 3.05) is 33.3 Å². The molecule has 1 amide bonds. The molecule has 3 N–H and O–H groups in total. The van der Waals surface area contributed by atoms with Gasteiger partial charge in [0.05, 0.1) is 27.2 Å². The molecule has 13 nitrogen and oxygen atoms in total. The smallest absolute Gasteiger partial charge is 0.280 e. The largest absolute Gasteiger partial charge is 0.497 e. The van der Waals surface area contributed by atoms with Crippen molar-refractivity contribution in [3.8, 4) is 11.5 Å². The Bertz CT molecular complexity index is 1960. The van der Waals surface area contributed by atoms with Gasteiger partial charge in [0.2, 0.25) is 11.9 Å². The number of ether oxygens (including phenoxy) is 5. The first-order chi connectivity index (χ1) is 23.7. The summed E-state index contributed by atoms with van der Waals surface area (Å²) in [5.74, 6) is 0.642. The lowest BCUT2D eigenvalue weighted by atomic mass is 9.80. The molecule has 5 aromatic rings. The van der Waals surface area contributed by atoms with Crippen molar-refractivity contribution in [3.05, 3.63) is 112 Å². The zero-order valence-corrected chi connectivity index (χ0v) is 27.8. The lowest BCUT2D eigenvalue weighted by Crippen LogP contribution is -2.40. The molecule has 0 spiro atoms. The summed E-state index contributed by atoms with van der Waals surface area (Å²) >= 11 is 0. The van der Waals surface area contributed by atoms with Crippen LogP contribution in [0.15, 0.2) is 90.0 Å². The van der Waals surface area contributed by atoms with Gasteiger partial charge in [-0.3, -0.25) is 24.5 Å². The summed E-state index contributed by atoms with van der Waals surface area (Å²) in [4.78, 5) is 36.5. The van der Waals surface area contributed by atoms with E-state index in [1.54, 1.807) is 28.1 Å². The zero-order chi connectivity index (χ0) is 34.7. The highest BCUT2D eigenvalue weighted by molar-refractivity contribution is 5.91. The van der Waals surface area contributed by atoms with Crippen molar-refractivity contribution in [2.45, 2.75) is 44.0 Å². The third-order valence-electron chi connectivity index (χ3n) is 8.67. The van der Waals surface area contributed by atoms with Crippen LogP contribution in [0.2, 0.25) is 0 Å². The number of imidazole rings is 1. The van der Waals surface area contributed by atoms with Crippen LogP contribution in [0.4, 0.5) is 5.95 Å². The molecule has 6 rings (SSSR count). The van der Waals surface area contributed by atoms with Crippen LogP contribution in [0.25, 0.3) is 11.2 Å². The average molecular weight is 670 g/mol. The molecule has 3 heterocycles. The van der Waals surface area contributed by atoms with Crippen molar-refractivity contribution >= 4 is 23.0 Å². The minimum Gasteiger partial charge on any atom is -0.497 e. The first-order valence-corrected chi connectivity index (χ1v) is 15.8. The van der Waals surface area contributed by atoms with Crippen molar-refractivity contribution in [1.82, 2.24) is 19.5 Å². The van der Waals surface area contributed by atoms with Crippen LogP contribution in [-0.2, 0) is 24.6 Å². The van der Waals surface area contributed by atoms with E-state index in [1.165, 1.54) is 18.0 Å². The lowest BCUT2D eigenvalue weighted by Gasteiger charge is -2.37. The molecule has 13 heteroatoms. The molecule has 1 unspecified atom stereocenters. The number of amides is 1. The number of anilines is 1. The highest BCUT2D eigenvalue weighted by Gasteiger charge is 2.48. The van der Waals surface area contributed by atoms with Crippen LogP contribution in [0, 0.1) is 5.92 Å². The summed E-state index contributed by atoms with van der Waals surface area (Å²) in [6.45, 7) is 3.38. The van der Waals surface area contributed by atoms with Gasteiger partial charge in [-0.05, 0) is 41.0 Å². The summed E-state index contributed by atoms with van der Waals surface area (Å²) < 4.78 is 31.7. The maximum absolute atomic E-state index is 12.9. The number of H-pyrrole nitrogens is 1. The topological polar surface area (TPSA) is 159 Å². The maximum Gasteiger partial charge on any atom is 0.280 e. The Balaban J connectivity index is 1.39. The van der Waals surface area contributed by atoms with Crippen LogP contribution in [0.3, 0.4) is 0 Å². The number of aromatic nitrogens is 4. The second-order valence-corrected chi connectivity index (χ2v) is 12.0. The van der Waals surface area contributed by atoms with E-state index in [9.17, 15) is 14.7 Å². The Morgan fingerprint density at radius 2 is 1.67 bits per heavy atom. The molecule has 1 aliphatic rings. The summed E-state index contributed by atoms with van der Waals surface area (Å²) in [5, 5.41) is 14.2. The Morgan fingerprint density at radius 1 is 0.980 bits per heavy atom. The predicted molar refractivity (Wildman–Crippen MR) is 181 cm³/mol. The average Bonchev–Trinajstić information content (AvgIpc) is 3.69. The number of fused-ring (bicyclic) bond motifs is 1. The fourth-order valence-corrected chi connectivity index (χ4v) is 6.07.